The van der Waals surface area contributed by atoms with Crippen LogP contribution in [0.25, 0.3) is 11.0 Å². The van der Waals surface area contributed by atoms with E-state index in [1.54, 1.807) is 6.07 Å². The zero-order valence-electron chi connectivity index (χ0n) is 5.61. The molecule has 0 unspecified atom stereocenters. The zero-order valence-corrected chi connectivity index (χ0v) is 5.61. The van der Waals surface area contributed by atoms with Gasteiger partial charge in [0.05, 0.1) is 6.26 Å². The molecule has 1 aromatic heterocycles. The normalized spacial score (nSPS) is 10.5. The molecule has 0 radical (unpaired) electrons. The number of rotatable bonds is 0. The van der Waals surface area contributed by atoms with E-state index in [4.69, 9.17) is 14.6 Å². The van der Waals surface area contributed by atoms with E-state index in [1.165, 1.54) is 18.4 Å². The Morgan fingerprint density at radius 3 is 2.64 bits per heavy atom. The predicted octanol–water partition coefficient (Wildman–Crippen LogP) is 1.84. The Balaban J connectivity index is 2.86. The van der Waals surface area contributed by atoms with E-state index < -0.39 is 0 Å². The first-order valence-electron chi connectivity index (χ1n) is 3.16. The SMILES string of the molecule is Oc1cc2ccoc2cc1O. The molecule has 2 rings (SSSR count). The fourth-order valence-corrected chi connectivity index (χ4v) is 0.987. The Bertz CT molecular complexity index is 353. The second-order valence-electron chi connectivity index (χ2n) is 2.30. The van der Waals surface area contributed by atoms with Crippen LogP contribution in [0.15, 0.2) is 28.9 Å². The second-order valence-corrected chi connectivity index (χ2v) is 2.30. The monoisotopic (exact) mass is 150 g/mol. The van der Waals surface area contributed by atoms with Gasteiger partial charge in [0.2, 0.25) is 0 Å². The van der Waals surface area contributed by atoms with Crippen molar-refractivity contribution in [3.63, 3.8) is 0 Å². The van der Waals surface area contributed by atoms with Crippen molar-refractivity contribution in [1.82, 2.24) is 0 Å². The average molecular weight is 150 g/mol. The fraction of sp³-hybridized carbons (Fsp3) is 0. The van der Waals surface area contributed by atoms with Crippen LogP contribution in [-0.4, -0.2) is 10.2 Å². The summed E-state index contributed by atoms with van der Waals surface area (Å²) in [5.74, 6) is -0.286. The minimum Gasteiger partial charge on any atom is -0.504 e. The van der Waals surface area contributed by atoms with Crippen molar-refractivity contribution in [2.24, 2.45) is 0 Å². The topological polar surface area (TPSA) is 53.6 Å². The molecule has 3 nitrogen and oxygen atoms in total. The summed E-state index contributed by atoms with van der Waals surface area (Å²) in [6.45, 7) is 0. The summed E-state index contributed by atoms with van der Waals surface area (Å²) in [7, 11) is 0. The van der Waals surface area contributed by atoms with E-state index in [0.29, 0.717) is 5.58 Å². The summed E-state index contributed by atoms with van der Waals surface area (Å²) < 4.78 is 4.98. The Hall–Kier alpha value is -1.64. The van der Waals surface area contributed by atoms with Gasteiger partial charge in [-0.15, -0.1) is 0 Å². The highest BCUT2D eigenvalue weighted by Gasteiger charge is 2.02. The number of aromatic hydroxyl groups is 2. The number of hydrogen-bond donors (Lipinski definition) is 2. The smallest absolute Gasteiger partial charge is 0.161 e. The van der Waals surface area contributed by atoms with Crippen LogP contribution < -0.4 is 0 Å². The van der Waals surface area contributed by atoms with Gasteiger partial charge in [0.25, 0.3) is 0 Å². The van der Waals surface area contributed by atoms with Gasteiger partial charge in [-0.05, 0) is 12.1 Å². The Morgan fingerprint density at radius 1 is 1.09 bits per heavy atom. The quantitative estimate of drug-likeness (QED) is 0.563. The van der Waals surface area contributed by atoms with E-state index in [2.05, 4.69) is 0 Å². The first kappa shape index (κ1) is 6.09. The van der Waals surface area contributed by atoms with Gasteiger partial charge in [0.15, 0.2) is 11.5 Å². The van der Waals surface area contributed by atoms with Gasteiger partial charge >= 0.3 is 0 Å². The molecule has 0 fully saturated rings. The van der Waals surface area contributed by atoms with Crippen LogP contribution in [0.3, 0.4) is 0 Å². The maximum absolute atomic E-state index is 9.04. The van der Waals surface area contributed by atoms with Gasteiger partial charge in [-0.25, -0.2) is 0 Å². The van der Waals surface area contributed by atoms with Crippen LogP contribution in [0.2, 0.25) is 0 Å². The van der Waals surface area contributed by atoms with Gasteiger partial charge in [0.1, 0.15) is 5.58 Å². The average Bonchev–Trinajstić information content (AvgIpc) is 2.36. The molecular formula is C8H6O3. The molecule has 0 aliphatic carbocycles. The molecule has 3 heteroatoms. The molecule has 0 spiro atoms. The lowest BCUT2D eigenvalue weighted by Crippen LogP contribution is -1.67. The largest absolute Gasteiger partial charge is 0.504 e. The minimum absolute atomic E-state index is 0.126. The first-order valence-corrected chi connectivity index (χ1v) is 3.16. The Morgan fingerprint density at radius 2 is 1.82 bits per heavy atom. The standard InChI is InChI=1S/C8H6O3/c9-6-3-5-1-2-11-8(5)4-7(6)10/h1-4,9-10H. The number of furan rings is 1. The van der Waals surface area contributed by atoms with Crippen molar-refractivity contribution < 1.29 is 14.6 Å². The number of phenols is 2. The summed E-state index contributed by atoms with van der Waals surface area (Å²) in [5.41, 5.74) is 0.570. The molecule has 1 aromatic carbocycles. The van der Waals surface area contributed by atoms with E-state index >= 15 is 0 Å². The van der Waals surface area contributed by atoms with Gasteiger partial charge in [0, 0.05) is 11.5 Å². The third-order valence-electron chi connectivity index (χ3n) is 1.55. The van der Waals surface area contributed by atoms with Crippen molar-refractivity contribution in [2.45, 2.75) is 0 Å². The lowest BCUT2D eigenvalue weighted by atomic mass is 10.2. The summed E-state index contributed by atoms with van der Waals surface area (Å²) in [5, 5.41) is 18.8. The van der Waals surface area contributed by atoms with Crippen molar-refractivity contribution >= 4 is 11.0 Å². The molecular weight excluding hydrogens is 144 g/mol. The lowest BCUT2D eigenvalue weighted by Gasteiger charge is -1.94. The van der Waals surface area contributed by atoms with E-state index in [1.807, 2.05) is 0 Å². The van der Waals surface area contributed by atoms with Gasteiger partial charge in [-0.3, -0.25) is 0 Å². The molecule has 0 aliphatic rings. The minimum atomic E-state index is -0.160. The molecule has 0 bridgehead atoms. The number of benzene rings is 1. The van der Waals surface area contributed by atoms with Crippen LogP contribution in [0.4, 0.5) is 0 Å². The highest BCUT2D eigenvalue weighted by molar-refractivity contribution is 5.80. The van der Waals surface area contributed by atoms with Crippen molar-refractivity contribution in [2.75, 3.05) is 0 Å². The van der Waals surface area contributed by atoms with Gasteiger partial charge in [-0.1, -0.05) is 0 Å². The highest BCUT2D eigenvalue weighted by atomic mass is 16.3. The Kier molecular flexibility index (Phi) is 1.06. The molecule has 11 heavy (non-hydrogen) atoms. The molecule has 1 heterocycles. The van der Waals surface area contributed by atoms with E-state index in [-0.39, 0.29) is 11.5 Å². The number of phenolic OH excluding ortho intramolecular Hbond substituents is 2. The first-order chi connectivity index (χ1) is 5.27. The van der Waals surface area contributed by atoms with Crippen LogP contribution >= 0.6 is 0 Å². The van der Waals surface area contributed by atoms with Crippen LogP contribution in [0.5, 0.6) is 11.5 Å². The third-order valence-corrected chi connectivity index (χ3v) is 1.55. The summed E-state index contributed by atoms with van der Waals surface area (Å²) >= 11 is 0. The van der Waals surface area contributed by atoms with E-state index in [9.17, 15) is 0 Å². The Labute approximate surface area is 62.5 Å². The third kappa shape index (κ3) is 0.816. The molecule has 56 valence electrons. The predicted molar refractivity (Wildman–Crippen MR) is 39.5 cm³/mol. The fourth-order valence-electron chi connectivity index (χ4n) is 0.987. The van der Waals surface area contributed by atoms with Crippen molar-refractivity contribution in [1.29, 1.82) is 0 Å². The van der Waals surface area contributed by atoms with Crippen LogP contribution in [0.1, 0.15) is 0 Å². The molecule has 0 atom stereocenters. The molecule has 0 saturated heterocycles. The molecule has 2 N–H and O–H groups in total. The maximum atomic E-state index is 9.04. The molecule has 0 saturated carbocycles. The zero-order chi connectivity index (χ0) is 7.84. The van der Waals surface area contributed by atoms with Crippen molar-refractivity contribution in [3.05, 3.63) is 24.5 Å². The maximum Gasteiger partial charge on any atom is 0.161 e. The van der Waals surface area contributed by atoms with Crippen molar-refractivity contribution in [3.8, 4) is 11.5 Å². The van der Waals surface area contributed by atoms with E-state index in [0.717, 1.165) is 5.39 Å². The molecule has 0 aliphatic heterocycles. The number of fused-ring (bicyclic) bond motifs is 1. The number of hydrogen-bond acceptors (Lipinski definition) is 3. The van der Waals surface area contributed by atoms with Gasteiger partial charge in [-0.2, -0.15) is 0 Å². The summed E-state index contributed by atoms with van der Waals surface area (Å²) in [6, 6.07) is 4.55. The van der Waals surface area contributed by atoms with Crippen LogP contribution in [0, 0.1) is 0 Å². The second kappa shape index (κ2) is 1.92. The summed E-state index contributed by atoms with van der Waals surface area (Å²) in [4.78, 5) is 0. The summed E-state index contributed by atoms with van der Waals surface area (Å²) in [6.07, 6.45) is 1.50. The lowest BCUT2D eigenvalue weighted by molar-refractivity contribution is 0.404. The molecule has 0 amide bonds. The highest BCUT2D eigenvalue weighted by Crippen LogP contribution is 2.30. The van der Waals surface area contributed by atoms with Crippen LogP contribution in [-0.2, 0) is 0 Å². The van der Waals surface area contributed by atoms with Gasteiger partial charge < -0.3 is 14.6 Å². The molecule has 2 aromatic rings.